The van der Waals surface area contributed by atoms with Gasteiger partial charge in [0.05, 0.1) is 18.7 Å². The number of hydrogen-bond acceptors (Lipinski definition) is 6. The van der Waals surface area contributed by atoms with Crippen molar-refractivity contribution in [3.8, 4) is 22.9 Å². The van der Waals surface area contributed by atoms with E-state index in [1.54, 1.807) is 31.4 Å². The van der Waals surface area contributed by atoms with Gasteiger partial charge in [0, 0.05) is 5.56 Å². The van der Waals surface area contributed by atoms with Crippen molar-refractivity contribution in [1.29, 1.82) is 0 Å². The number of amides is 1. The molecule has 7 nitrogen and oxygen atoms in total. The first-order chi connectivity index (χ1) is 13.6. The topological polar surface area (TPSA) is 86.5 Å². The number of ether oxygens (including phenoxy) is 2. The molecule has 1 atom stereocenters. The zero-order valence-electron chi connectivity index (χ0n) is 15.5. The zero-order valence-corrected chi connectivity index (χ0v) is 16.3. The van der Waals surface area contributed by atoms with Gasteiger partial charge in [0.15, 0.2) is 17.6 Å². The summed E-state index contributed by atoms with van der Waals surface area (Å²) in [5.74, 6) is 1.43. The van der Waals surface area contributed by atoms with Crippen molar-refractivity contribution in [2.24, 2.45) is 0 Å². The Labute approximate surface area is 167 Å². The van der Waals surface area contributed by atoms with E-state index >= 15 is 0 Å². The number of rotatable bonds is 8. The van der Waals surface area contributed by atoms with Crippen LogP contribution < -0.4 is 14.8 Å². The maximum atomic E-state index is 12.5. The second kappa shape index (κ2) is 9.23. The van der Waals surface area contributed by atoms with E-state index in [4.69, 9.17) is 25.6 Å². The Bertz CT molecular complexity index is 944. The molecule has 0 spiro atoms. The Kier molecular flexibility index (Phi) is 6.49. The van der Waals surface area contributed by atoms with Crippen LogP contribution in [0.4, 0.5) is 0 Å². The number of halogens is 1. The maximum Gasteiger partial charge on any atom is 0.261 e. The number of nitrogens with zero attached hydrogens (tertiary/aromatic N) is 2. The summed E-state index contributed by atoms with van der Waals surface area (Å²) < 4.78 is 16.3. The minimum Gasteiger partial charge on any atom is -0.493 e. The van der Waals surface area contributed by atoms with E-state index in [9.17, 15) is 4.79 Å². The van der Waals surface area contributed by atoms with Gasteiger partial charge in [-0.1, -0.05) is 47.9 Å². The van der Waals surface area contributed by atoms with E-state index in [0.29, 0.717) is 34.3 Å². The van der Waals surface area contributed by atoms with Crippen LogP contribution in [-0.4, -0.2) is 29.3 Å². The van der Waals surface area contributed by atoms with Crippen molar-refractivity contribution >= 4 is 17.5 Å². The van der Waals surface area contributed by atoms with Crippen LogP contribution in [0.3, 0.4) is 0 Å². The fourth-order valence-electron chi connectivity index (χ4n) is 2.55. The Morgan fingerprint density at radius 2 is 1.89 bits per heavy atom. The SMILES string of the molecule is CC[C@H](Oc1ccccc1OC)C(=O)NCc1nc(-c2ccccc2Cl)no1. The molecule has 1 amide bonds. The van der Waals surface area contributed by atoms with E-state index in [2.05, 4.69) is 15.5 Å². The third kappa shape index (κ3) is 4.61. The number of aromatic nitrogens is 2. The Morgan fingerprint density at radius 3 is 2.61 bits per heavy atom. The van der Waals surface area contributed by atoms with Gasteiger partial charge < -0.3 is 19.3 Å². The van der Waals surface area contributed by atoms with Crippen LogP contribution in [-0.2, 0) is 11.3 Å². The van der Waals surface area contributed by atoms with Crippen LogP contribution in [0.15, 0.2) is 53.1 Å². The molecule has 0 fully saturated rings. The first-order valence-corrected chi connectivity index (χ1v) is 9.15. The molecule has 2 aromatic carbocycles. The molecule has 0 aliphatic carbocycles. The fraction of sp³-hybridized carbons (Fsp3) is 0.250. The first-order valence-electron chi connectivity index (χ1n) is 8.77. The molecule has 8 heteroatoms. The summed E-state index contributed by atoms with van der Waals surface area (Å²) in [4.78, 5) is 16.8. The molecule has 0 bridgehead atoms. The van der Waals surface area contributed by atoms with Gasteiger partial charge >= 0.3 is 0 Å². The van der Waals surface area contributed by atoms with Crippen LogP contribution in [0.2, 0.25) is 5.02 Å². The highest BCUT2D eigenvalue weighted by Crippen LogP contribution is 2.27. The number of para-hydroxylation sites is 2. The Hall–Kier alpha value is -3.06. The number of carbonyl (C=O) groups excluding carboxylic acids is 1. The van der Waals surface area contributed by atoms with Gasteiger partial charge in [-0.15, -0.1) is 0 Å². The van der Waals surface area contributed by atoms with Gasteiger partial charge in [0.25, 0.3) is 5.91 Å². The van der Waals surface area contributed by atoms with Crippen molar-refractivity contribution in [2.75, 3.05) is 7.11 Å². The van der Waals surface area contributed by atoms with Gasteiger partial charge in [0.1, 0.15) is 0 Å². The first kappa shape index (κ1) is 19.7. The summed E-state index contributed by atoms with van der Waals surface area (Å²) in [7, 11) is 1.55. The quantitative estimate of drug-likeness (QED) is 0.616. The molecule has 3 aromatic rings. The monoisotopic (exact) mass is 401 g/mol. The molecule has 1 heterocycles. The van der Waals surface area contributed by atoms with Crippen LogP contribution in [0, 0.1) is 0 Å². The van der Waals surface area contributed by atoms with Gasteiger partial charge in [0.2, 0.25) is 11.7 Å². The number of methoxy groups -OCH3 is 1. The van der Waals surface area contributed by atoms with E-state index in [0.717, 1.165) is 0 Å². The second-order valence-electron chi connectivity index (χ2n) is 5.87. The van der Waals surface area contributed by atoms with Crippen molar-refractivity contribution in [1.82, 2.24) is 15.5 Å². The predicted molar refractivity (Wildman–Crippen MR) is 104 cm³/mol. The summed E-state index contributed by atoms with van der Waals surface area (Å²) in [6.45, 7) is 1.95. The zero-order chi connectivity index (χ0) is 19.9. The molecule has 0 aliphatic heterocycles. The molecule has 0 saturated carbocycles. The fourth-order valence-corrected chi connectivity index (χ4v) is 2.77. The average molecular weight is 402 g/mol. The lowest BCUT2D eigenvalue weighted by Gasteiger charge is -2.18. The van der Waals surface area contributed by atoms with Crippen molar-refractivity contribution < 1.29 is 18.8 Å². The molecule has 1 N–H and O–H groups in total. The summed E-state index contributed by atoms with van der Waals surface area (Å²) in [5.41, 5.74) is 0.663. The van der Waals surface area contributed by atoms with E-state index in [1.165, 1.54) is 0 Å². The van der Waals surface area contributed by atoms with Crippen molar-refractivity contribution in [3.63, 3.8) is 0 Å². The summed E-state index contributed by atoms with van der Waals surface area (Å²) in [6, 6.07) is 14.4. The summed E-state index contributed by atoms with van der Waals surface area (Å²) in [5, 5.41) is 7.19. The lowest BCUT2D eigenvalue weighted by molar-refractivity contribution is -0.128. The molecule has 146 valence electrons. The van der Waals surface area contributed by atoms with Crippen molar-refractivity contribution in [3.05, 3.63) is 59.4 Å². The van der Waals surface area contributed by atoms with E-state index in [1.807, 2.05) is 31.2 Å². The molecular formula is C20H20ClN3O4. The largest absolute Gasteiger partial charge is 0.493 e. The normalized spacial score (nSPS) is 11.7. The standard InChI is InChI=1S/C20H20ClN3O4/c1-3-15(27-17-11-7-6-10-16(17)26-2)20(25)22-12-18-23-19(24-28-18)13-8-4-5-9-14(13)21/h4-11,15H,3,12H2,1-2H3,(H,22,25)/t15-/m0/s1. The highest BCUT2D eigenvalue weighted by Gasteiger charge is 2.21. The van der Waals surface area contributed by atoms with Crippen LogP contribution in [0.5, 0.6) is 11.5 Å². The lowest BCUT2D eigenvalue weighted by Crippen LogP contribution is -2.37. The third-order valence-corrected chi connectivity index (χ3v) is 4.33. The maximum absolute atomic E-state index is 12.5. The molecule has 0 radical (unpaired) electrons. The van der Waals surface area contributed by atoms with Crippen LogP contribution in [0.1, 0.15) is 19.2 Å². The van der Waals surface area contributed by atoms with Crippen LogP contribution in [0.25, 0.3) is 11.4 Å². The number of benzene rings is 2. The van der Waals surface area contributed by atoms with E-state index in [-0.39, 0.29) is 18.3 Å². The number of nitrogens with one attached hydrogen (secondary N) is 1. The highest BCUT2D eigenvalue weighted by atomic mass is 35.5. The average Bonchev–Trinajstić information content (AvgIpc) is 3.19. The molecular weight excluding hydrogens is 382 g/mol. The summed E-state index contributed by atoms with van der Waals surface area (Å²) in [6.07, 6.45) is -0.194. The molecule has 28 heavy (non-hydrogen) atoms. The molecule has 0 aliphatic rings. The van der Waals surface area contributed by atoms with Gasteiger partial charge in [-0.25, -0.2) is 0 Å². The molecule has 0 saturated heterocycles. The molecule has 0 unspecified atom stereocenters. The van der Waals surface area contributed by atoms with Crippen LogP contribution >= 0.6 is 11.6 Å². The minimum absolute atomic E-state index is 0.0854. The molecule has 1 aromatic heterocycles. The smallest absolute Gasteiger partial charge is 0.261 e. The number of carbonyl (C=O) groups is 1. The van der Waals surface area contributed by atoms with Gasteiger partial charge in [-0.3, -0.25) is 4.79 Å². The van der Waals surface area contributed by atoms with Crippen molar-refractivity contribution in [2.45, 2.75) is 26.0 Å². The minimum atomic E-state index is -0.678. The lowest BCUT2D eigenvalue weighted by atomic mass is 10.2. The van der Waals surface area contributed by atoms with Gasteiger partial charge in [-0.05, 0) is 30.7 Å². The Balaban J connectivity index is 1.62. The third-order valence-electron chi connectivity index (χ3n) is 4.00. The molecule has 3 rings (SSSR count). The predicted octanol–water partition coefficient (Wildman–Crippen LogP) is 3.87. The van der Waals surface area contributed by atoms with Gasteiger partial charge in [-0.2, -0.15) is 4.98 Å². The highest BCUT2D eigenvalue weighted by molar-refractivity contribution is 6.33. The summed E-state index contributed by atoms with van der Waals surface area (Å²) >= 11 is 6.14. The number of hydrogen-bond donors (Lipinski definition) is 1. The second-order valence-corrected chi connectivity index (χ2v) is 6.28. The van der Waals surface area contributed by atoms with E-state index < -0.39 is 6.10 Å². The Morgan fingerprint density at radius 1 is 1.18 bits per heavy atom.